The smallest absolute Gasteiger partial charge is 0.224 e. The monoisotopic (exact) mass is 329 g/mol. The Hall–Kier alpha value is -2.66. The van der Waals surface area contributed by atoms with Gasteiger partial charge in [-0.15, -0.1) is 0 Å². The van der Waals surface area contributed by atoms with Gasteiger partial charge in [0.05, 0.1) is 12.6 Å². The van der Waals surface area contributed by atoms with Crippen LogP contribution in [0.3, 0.4) is 0 Å². The zero-order valence-electron chi connectivity index (χ0n) is 13.2. The van der Waals surface area contributed by atoms with Crippen LogP contribution in [0.25, 0.3) is 6.08 Å². The molecule has 2 aromatic rings. The lowest BCUT2D eigenvalue weighted by Gasteiger charge is -2.16. The molecule has 0 bridgehead atoms. The lowest BCUT2D eigenvalue weighted by Crippen LogP contribution is -2.38. The maximum atomic E-state index is 12.8. The predicted molar refractivity (Wildman–Crippen MR) is 90.9 cm³/mol. The van der Waals surface area contributed by atoms with Gasteiger partial charge in [-0.25, -0.2) is 4.39 Å². The molecule has 0 saturated carbocycles. The molecule has 126 valence electrons. The number of amides is 1. The summed E-state index contributed by atoms with van der Waals surface area (Å²) in [5.41, 5.74) is 1.72. The Morgan fingerprint density at radius 1 is 1.12 bits per heavy atom. The molecule has 0 unspecified atom stereocenters. The minimum atomic E-state index is -0.388. The van der Waals surface area contributed by atoms with E-state index in [-0.39, 0.29) is 36.5 Å². The van der Waals surface area contributed by atoms with E-state index >= 15 is 0 Å². The van der Waals surface area contributed by atoms with Gasteiger partial charge >= 0.3 is 0 Å². The van der Waals surface area contributed by atoms with Crippen molar-refractivity contribution >= 4 is 12.0 Å². The van der Waals surface area contributed by atoms with Crippen molar-refractivity contribution in [2.24, 2.45) is 0 Å². The van der Waals surface area contributed by atoms with Crippen LogP contribution in [0.1, 0.15) is 17.5 Å². The number of phenolic OH excluding ortho intramolecular Hbond substituents is 1. The highest BCUT2D eigenvalue weighted by Crippen LogP contribution is 2.11. The Morgan fingerprint density at radius 3 is 2.42 bits per heavy atom. The van der Waals surface area contributed by atoms with Crippen molar-refractivity contribution in [2.75, 3.05) is 6.61 Å². The largest absolute Gasteiger partial charge is 0.508 e. The average molecular weight is 329 g/mol. The molecule has 0 spiro atoms. The third kappa shape index (κ3) is 5.85. The number of hydrogen-bond acceptors (Lipinski definition) is 3. The summed E-state index contributed by atoms with van der Waals surface area (Å²) in [6, 6.07) is 12.2. The lowest BCUT2D eigenvalue weighted by molar-refractivity contribution is -0.121. The number of benzene rings is 2. The second-order valence-corrected chi connectivity index (χ2v) is 5.48. The standard InChI is InChI=1S/C19H20FNO3/c20-16-8-4-14(5-9-16)2-1-3-19(24)21-17(13-22)12-15-6-10-18(23)11-7-15/h1-2,4-11,17,22-23H,3,12-13H2,(H,21,24)/b2-1+/t17-/m0/s1. The lowest BCUT2D eigenvalue weighted by atomic mass is 10.1. The highest BCUT2D eigenvalue weighted by molar-refractivity contribution is 5.78. The number of carbonyl (C=O) groups excluding carboxylic acids is 1. The SMILES string of the molecule is O=C(C/C=C/c1ccc(F)cc1)N[C@H](CO)Cc1ccc(O)cc1. The van der Waals surface area contributed by atoms with E-state index in [1.54, 1.807) is 48.6 Å². The third-order valence-electron chi connectivity index (χ3n) is 3.49. The van der Waals surface area contributed by atoms with E-state index in [0.29, 0.717) is 6.42 Å². The Balaban J connectivity index is 1.82. The van der Waals surface area contributed by atoms with E-state index in [0.717, 1.165) is 11.1 Å². The first-order valence-corrected chi connectivity index (χ1v) is 7.67. The molecule has 2 aromatic carbocycles. The predicted octanol–water partition coefficient (Wildman–Crippen LogP) is 2.65. The van der Waals surface area contributed by atoms with Gasteiger partial charge in [0, 0.05) is 6.42 Å². The van der Waals surface area contributed by atoms with Crippen LogP contribution in [0.5, 0.6) is 5.75 Å². The fourth-order valence-corrected chi connectivity index (χ4v) is 2.24. The summed E-state index contributed by atoms with van der Waals surface area (Å²) < 4.78 is 12.8. The van der Waals surface area contributed by atoms with Crippen LogP contribution in [0, 0.1) is 5.82 Å². The van der Waals surface area contributed by atoms with Crippen molar-refractivity contribution in [3.05, 3.63) is 71.6 Å². The molecule has 0 aliphatic rings. The third-order valence-corrected chi connectivity index (χ3v) is 3.49. The molecule has 1 atom stereocenters. The summed E-state index contributed by atoms with van der Waals surface area (Å²) >= 11 is 0. The molecule has 5 heteroatoms. The van der Waals surface area contributed by atoms with Gasteiger partial charge in [-0.2, -0.15) is 0 Å². The molecule has 0 heterocycles. The average Bonchev–Trinajstić information content (AvgIpc) is 2.58. The van der Waals surface area contributed by atoms with E-state index in [2.05, 4.69) is 5.32 Å². The van der Waals surface area contributed by atoms with Crippen LogP contribution >= 0.6 is 0 Å². The molecule has 2 rings (SSSR count). The summed E-state index contributed by atoms with van der Waals surface area (Å²) in [6.07, 6.45) is 4.08. The highest BCUT2D eigenvalue weighted by atomic mass is 19.1. The van der Waals surface area contributed by atoms with Gasteiger partial charge in [-0.3, -0.25) is 4.79 Å². The van der Waals surface area contributed by atoms with Crippen molar-refractivity contribution in [3.63, 3.8) is 0 Å². The summed E-state index contributed by atoms with van der Waals surface area (Å²) in [5.74, 6) is -0.328. The highest BCUT2D eigenvalue weighted by Gasteiger charge is 2.11. The number of aliphatic hydroxyl groups is 1. The van der Waals surface area contributed by atoms with E-state index in [1.165, 1.54) is 12.1 Å². The zero-order chi connectivity index (χ0) is 17.4. The fourth-order valence-electron chi connectivity index (χ4n) is 2.24. The molecule has 24 heavy (non-hydrogen) atoms. The Bertz CT molecular complexity index is 681. The van der Waals surface area contributed by atoms with Gasteiger partial charge in [0.15, 0.2) is 0 Å². The topological polar surface area (TPSA) is 69.6 Å². The van der Waals surface area contributed by atoms with Crippen molar-refractivity contribution in [3.8, 4) is 5.75 Å². The van der Waals surface area contributed by atoms with Crippen LogP contribution in [-0.4, -0.2) is 28.8 Å². The summed E-state index contributed by atoms with van der Waals surface area (Å²) in [6.45, 7) is -0.172. The second-order valence-electron chi connectivity index (χ2n) is 5.48. The summed E-state index contributed by atoms with van der Waals surface area (Å²) in [5, 5.41) is 21.4. The number of aliphatic hydroxyl groups excluding tert-OH is 1. The molecule has 0 saturated heterocycles. The van der Waals surface area contributed by atoms with Crippen LogP contribution in [0.4, 0.5) is 4.39 Å². The molecule has 4 nitrogen and oxygen atoms in total. The maximum Gasteiger partial charge on any atom is 0.224 e. The molecular formula is C19H20FNO3. The number of hydrogen-bond donors (Lipinski definition) is 3. The number of nitrogens with one attached hydrogen (secondary N) is 1. The van der Waals surface area contributed by atoms with Crippen molar-refractivity contribution in [2.45, 2.75) is 18.9 Å². The second kappa shape index (κ2) is 8.84. The van der Waals surface area contributed by atoms with E-state index in [9.17, 15) is 19.4 Å². The quantitative estimate of drug-likeness (QED) is 0.731. The molecule has 0 aromatic heterocycles. The first-order chi connectivity index (χ1) is 11.6. The number of aromatic hydroxyl groups is 1. The maximum absolute atomic E-state index is 12.8. The van der Waals surface area contributed by atoms with Crippen molar-refractivity contribution in [1.82, 2.24) is 5.32 Å². The van der Waals surface area contributed by atoms with Crippen LogP contribution in [0.15, 0.2) is 54.6 Å². The minimum absolute atomic E-state index is 0.170. The first-order valence-electron chi connectivity index (χ1n) is 7.67. The van der Waals surface area contributed by atoms with Crippen molar-refractivity contribution < 1.29 is 19.4 Å². The summed E-state index contributed by atoms with van der Waals surface area (Å²) in [7, 11) is 0. The fraction of sp³-hybridized carbons (Fsp3) is 0.211. The van der Waals surface area contributed by atoms with Gasteiger partial charge in [-0.1, -0.05) is 36.4 Å². The van der Waals surface area contributed by atoms with Crippen molar-refractivity contribution in [1.29, 1.82) is 0 Å². The van der Waals surface area contributed by atoms with E-state index < -0.39 is 0 Å². The minimum Gasteiger partial charge on any atom is -0.508 e. The Labute approximate surface area is 140 Å². The van der Waals surface area contributed by atoms with E-state index in [1.807, 2.05) is 0 Å². The normalized spacial score (nSPS) is 12.2. The van der Waals surface area contributed by atoms with Gasteiger partial charge in [0.1, 0.15) is 11.6 Å². The number of rotatable bonds is 7. The van der Waals surface area contributed by atoms with Gasteiger partial charge in [-0.05, 0) is 41.8 Å². The molecule has 0 aliphatic carbocycles. The van der Waals surface area contributed by atoms with Crippen LogP contribution in [-0.2, 0) is 11.2 Å². The number of halogens is 1. The first kappa shape index (κ1) is 17.7. The van der Waals surface area contributed by atoms with Crippen LogP contribution in [0.2, 0.25) is 0 Å². The Morgan fingerprint density at radius 2 is 1.79 bits per heavy atom. The molecule has 3 N–H and O–H groups in total. The van der Waals surface area contributed by atoms with Gasteiger partial charge in [0.25, 0.3) is 0 Å². The Kier molecular flexibility index (Phi) is 6.51. The van der Waals surface area contributed by atoms with E-state index in [4.69, 9.17) is 0 Å². The molecule has 0 aliphatic heterocycles. The molecule has 0 fully saturated rings. The molecule has 1 amide bonds. The number of carbonyl (C=O) groups is 1. The van der Waals surface area contributed by atoms with Gasteiger partial charge < -0.3 is 15.5 Å². The number of phenols is 1. The van der Waals surface area contributed by atoms with Crippen LogP contribution < -0.4 is 5.32 Å². The van der Waals surface area contributed by atoms with Gasteiger partial charge in [0.2, 0.25) is 5.91 Å². The summed E-state index contributed by atoms with van der Waals surface area (Å²) in [4.78, 5) is 11.9. The molecular weight excluding hydrogens is 309 g/mol. The molecule has 0 radical (unpaired) electrons. The zero-order valence-corrected chi connectivity index (χ0v) is 13.2.